The lowest BCUT2D eigenvalue weighted by Crippen LogP contribution is -2.49. The van der Waals surface area contributed by atoms with Gasteiger partial charge in [-0.3, -0.25) is 13.9 Å². The average Bonchev–Trinajstić information content (AvgIpc) is 2.84. The largest absolute Gasteiger partial charge is 0.481 e. The van der Waals surface area contributed by atoms with Crippen LogP contribution >= 0.6 is 10.8 Å². The van der Waals surface area contributed by atoms with Gasteiger partial charge < -0.3 is 14.6 Å². The van der Waals surface area contributed by atoms with Crippen LogP contribution in [-0.4, -0.2) is 54.8 Å². The van der Waals surface area contributed by atoms with Gasteiger partial charge in [0.15, 0.2) is 0 Å². The second kappa shape index (κ2) is 9.13. The normalized spacial score (nSPS) is 20.8. The second-order valence-corrected chi connectivity index (χ2v) is 12.2. The molecule has 0 bridgehead atoms. The third-order valence-electron chi connectivity index (χ3n) is 6.78. The van der Waals surface area contributed by atoms with Crippen LogP contribution in [0.4, 0.5) is 0 Å². The number of ether oxygens (including phenoxy) is 2. The maximum Gasteiger partial charge on any atom is 0.309 e. The van der Waals surface area contributed by atoms with Crippen molar-refractivity contribution in [2.45, 2.75) is 64.0 Å². The zero-order valence-electron chi connectivity index (χ0n) is 20.2. The molecule has 3 N–H and O–H groups in total. The molecule has 0 aliphatic carbocycles. The molecule has 186 valence electrons. The number of rotatable bonds is 5. The lowest BCUT2D eigenvalue weighted by Gasteiger charge is -2.44. The highest BCUT2D eigenvalue weighted by Crippen LogP contribution is 2.59. The number of hydrogen-bond donors (Lipinski definition) is 3. The van der Waals surface area contributed by atoms with E-state index >= 15 is 0 Å². The predicted octanol–water partition coefficient (Wildman–Crippen LogP) is 4.82. The summed E-state index contributed by atoms with van der Waals surface area (Å²) in [6.45, 7) is 8.93. The molecule has 0 radical (unpaired) electrons. The van der Waals surface area contributed by atoms with Gasteiger partial charge in [0.05, 0.1) is 25.2 Å². The minimum atomic E-state index is -3.38. The smallest absolute Gasteiger partial charge is 0.309 e. The molecule has 1 aromatic carbocycles. The number of fused-ring (bicyclic) bond motifs is 1. The summed E-state index contributed by atoms with van der Waals surface area (Å²) in [5.74, 6) is -0.585. The molecule has 1 spiro atoms. The Morgan fingerprint density at radius 3 is 2.59 bits per heavy atom. The maximum atomic E-state index is 11.6. The van der Waals surface area contributed by atoms with Crippen LogP contribution in [0.2, 0.25) is 0 Å². The third-order valence-corrected chi connectivity index (χ3v) is 8.64. The fraction of sp³-hybridized carbons (Fsp3) is 0.520. The first kappa shape index (κ1) is 24.9. The molecule has 2 aliphatic heterocycles. The summed E-state index contributed by atoms with van der Waals surface area (Å²) in [6, 6.07) is 7.62. The van der Waals surface area contributed by atoms with Crippen molar-refractivity contribution in [2.24, 2.45) is 5.41 Å². The molecule has 0 unspecified atom stereocenters. The minimum absolute atomic E-state index is 0.267. The Morgan fingerprint density at radius 1 is 1.21 bits per heavy atom. The van der Waals surface area contributed by atoms with E-state index in [4.69, 9.17) is 9.47 Å². The number of benzene rings is 1. The van der Waals surface area contributed by atoms with Crippen LogP contribution in [0.1, 0.15) is 48.9 Å². The molecule has 2 aromatic rings. The van der Waals surface area contributed by atoms with E-state index in [-0.39, 0.29) is 12.4 Å². The van der Waals surface area contributed by atoms with Crippen LogP contribution in [0.25, 0.3) is 0 Å². The van der Waals surface area contributed by atoms with Gasteiger partial charge in [0.1, 0.15) is 10.5 Å². The molecular weight excluding hydrogens is 456 g/mol. The Balaban J connectivity index is 1.72. The van der Waals surface area contributed by atoms with E-state index < -0.39 is 27.8 Å². The molecule has 3 heterocycles. The van der Waals surface area contributed by atoms with E-state index in [9.17, 15) is 19.0 Å². The molecule has 1 aromatic heterocycles. The van der Waals surface area contributed by atoms with Crippen LogP contribution in [0.5, 0.6) is 5.88 Å². The number of aliphatic carboxylic acids is 1. The Bertz CT molecular complexity index is 1080. The minimum Gasteiger partial charge on any atom is -0.481 e. The molecular formula is C25H34N2O6S. The van der Waals surface area contributed by atoms with Gasteiger partial charge in [0.25, 0.3) is 0 Å². The average molecular weight is 491 g/mol. The van der Waals surface area contributed by atoms with Crippen molar-refractivity contribution in [3.05, 3.63) is 52.7 Å². The standard InChI is InChI=1S/C25H34N2O6S/c1-17-11-21-22(26-14-17)33-25(7-9-32-10-8-25)16-27(34(21,30)31)15-20-12-19(6-5-18(20)2)13-24(3,4)23(28)29/h5-6,11-12,14,30-31H,7-10,13,15-16H2,1-4H3,(H,28,29). The SMILES string of the molecule is Cc1cnc2c(c1)S(O)(O)N(Cc1cc(CC(C)(C)C(=O)O)ccc1C)CC1(CCOCC1)O2. The summed E-state index contributed by atoms with van der Waals surface area (Å²) in [5.41, 5.74) is 2.10. The molecule has 0 amide bonds. The van der Waals surface area contributed by atoms with Crippen LogP contribution in [0.3, 0.4) is 0 Å². The summed E-state index contributed by atoms with van der Waals surface area (Å²) >= 11 is 0. The number of carboxylic acids is 1. The zero-order valence-corrected chi connectivity index (χ0v) is 21.0. The number of carbonyl (C=O) groups is 1. The van der Waals surface area contributed by atoms with Gasteiger partial charge in [-0.1, -0.05) is 18.2 Å². The van der Waals surface area contributed by atoms with Gasteiger partial charge >= 0.3 is 5.97 Å². The Kier molecular flexibility index (Phi) is 6.69. The Hall–Kier alpha value is -2.17. The van der Waals surface area contributed by atoms with Crippen LogP contribution in [0, 0.1) is 19.3 Å². The first-order valence-corrected chi connectivity index (χ1v) is 13.0. The highest BCUT2D eigenvalue weighted by Gasteiger charge is 2.45. The summed E-state index contributed by atoms with van der Waals surface area (Å²) in [6.07, 6.45) is 3.30. The monoisotopic (exact) mass is 490 g/mol. The number of aryl methyl sites for hydroxylation is 2. The fourth-order valence-corrected chi connectivity index (χ4v) is 6.21. The quantitative estimate of drug-likeness (QED) is 0.547. The first-order chi connectivity index (χ1) is 15.9. The van der Waals surface area contributed by atoms with Crippen molar-refractivity contribution in [2.75, 3.05) is 19.8 Å². The third kappa shape index (κ3) is 4.94. The number of aromatic nitrogens is 1. The summed E-state index contributed by atoms with van der Waals surface area (Å²) < 4.78 is 36.7. The van der Waals surface area contributed by atoms with Crippen LogP contribution in [-0.2, 0) is 22.5 Å². The number of pyridine rings is 1. The Labute approximate surface area is 202 Å². The number of nitrogens with zero attached hydrogens (tertiary/aromatic N) is 2. The van der Waals surface area contributed by atoms with Gasteiger partial charge in [-0.05, 0) is 62.4 Å². The highest BCUT2D eigenvalue weighted by atomic mass is 32.3. The van der Waals surface area contributed by atoms with Crippen LogP contribution < -0.4 is 4.74 Å². The molecule has 4 rings (SSSR count). The van der Waals surface area contributed by atoms with Crippen molar-refractivity contribution >= 4 is 16.7 Å². The van der Waals surface area contributed by atoms with Gasteiger partial charge in [0, 0.05) is 25.6 Å². The van der Waals surface area contributed by atoms with E-state index in [1.54, 1.807) is 30.4 Å². The zero-order chi connectivity index (χ0) is 24.7. The van der Waals surface area contributed by atoms with E-state index in [1.807, 2.05) is 32.0 Å². The second-order valence-electron chi connectivity index (χ2n) is 10.2. The van der Waals surface area contributed by atoms with Gasteiger partial charge in [-0.15, -0.1) is 10.8 Å². The van der Waals surface area contributed by atoms with E-state index in [1.165, 1.54) is 0 Å². The van der Waals surface area contributed by atoms with Gasteiger partial charge in [0.2, 0.25) is 5.88 Å². The van der Waals surface area contributed by atoms with Gasteiger partial charge in [-0.25, -0.2) is 4.98 Å². The maximum absolute atomic E-state index is 11.6. The molecule has 1 saturated heterocycles. The van der Waals surface area contributed by atoms with Crippen molar-refractivity contribution in [3.8, 4) is 5.88 Å². The van der Waals surface area contributed by atoms with Crippen molar-refractivity contribution < 1.29 is 28.5 Å². The van der Waals surface area contributed by atoms with Gasteiger partial charge in [-0.2, -0.15) is 4.31 Å². The summed E-state index contributed by atoms with van der Waals surface area (Å²) in [5, 5.41) is 9.54. The Morgan fingerprint density at radius 2 is 1.91 bits per heavy atom. The van der Waals surface area contributed by atoms with E-state index in [2.05, 4.69) is 4.98 Å². The summed E-state index contributed by atoms with van der Waals surface area (Å²) in [7, 11) is -3.38. The molecule has 0 saturated carbocycles. The number of carboxylic acid groups (broad SMARTS) is 1. The predicted molar refractivity (Wildman–Crippen MR) is 130 cm³/mol. The molecule has 9 heteroatoms. The van der Waals surface area contributed by atoms with Crippen LogP contribution in [0.15, 0.2) is 35.4 Å². The lowest BCUT2D eigenvalue weighted by atomic mass is 9.85. The summed E-state index contributed by atoms with van der Waals surface area (Å²) in [4.78, 5) is 16.3. The molecule has 8 nitrogen and oxygen atoms in total. The molecule has 0 atom stereocenters. The number of hydrogen-bond acceptors (Lipinski definition) is 7. The van der Waals surface area contributed by atoms with Crippen molar-refractivity contribution in [3.63, 3.8) is 0 Å². The van der Waals surface area contributed by atoms with E-state index in [0.29, 0.717) is 43.9 Å². The van der Waals surface area contributed by atoms with Crippen molar-refractivity contribution in [1.29, 1.82) is 0 Å². The fourth-order valence-electron chi connectivity index (χ4n) is 4.52. The van der Waals surface area contributed by atoms with E-state index in [0.717, 1.165) is 22.3 Å². The molecule has 2 aliphatic rings. The molecule has 34 heavy (non-hydrogen) atoms. The highest BCUT2D eigenvalue weighted by molar-refractivity contribution is 8.22. The van der Waals surface area contributed by atoms with Crippen molar-refractivity contribution in [1.82, 2.24) is 9.29 Å². The first-order valence-electron chi connectivity index (χ1n) is 11.5. The molecule has 1 fully saturated rings. The lowest BCUT2D eigenvalue weighted by molar-refractivity contribution is -0.146. The topological polar surface area (TPSA) is 112 Å².